The van der Waals surface area contributed by atoms with E-state index < -0.39 is 0 Å². The molecule has 5 heteroatoms. The summed E-state index contributed by atoms with van der Waals surface area (Å²) < 4.78 is 1.03. The molecule has 100 valence electrons. The highest BCUT2D eigenvalue weighted by Gasteiger charge is 2.10. The van der Waals surface area contributed by atoms with Gasteiger partial charge in [0.15, 0.2) is 0 Å². The summed E-state index contributed by atoms with van der Waals surface area (Å²) in [6, 6.07) is 11.4. The number of carbonyl (C=O) groups excluding carboxylic acids is 1. The van der Waals surface area contributed by atoms with Crippen LogP contribution < -0.4 is 5.32 Å². The van der Waals surface area contributed by atoms with Crippen LogP contribution in [0.5, 0.6) is 0 Å². The number of pyridine rings is 1. The molecule has 0 aliphatic carbocycles. The van der Waals surface area contributed by atoms with Crippen LogP contribution in [0.4, 0.5) is 0 Å². The van der Waals surface area contributed by atoms with E-state index in [0.29, 0.717) is 17.7 Å². The molecular weight excluding hydrogens is 318 g/mol. The van der Waals surface area contributed by atoms with Gasteiger partial charge in [0.1, 0.15) is 6.07 Å². The van der Waals surface area contributed by atoms with Crippen LogP contribution in [0, 0.1) is 11.3 Å². The summed E-state index contributed by atoms with van der Waals surface area (Å²) in [6.07, 6.45) is 3.64. The zero-order chi connectivity index (χ0) is 14.4. The average molecular weight is 330 g/mol. The van der Waals surface area contributed by atoms with Crippen LogP contribution in [0.25, 0.3) is 0 Å². The van der Waals surface area contributed by atoms with Crippen molar-refractivity contribution in [3.8, 4) is 6.07 Å². The molecule has 0 fully saturated rings. The Morgan fingerprint density at radius 1 is 1.30 bits per heavy atom. The van der Waals surface area contributed by atoms with E-state index in [-0.39, 0.29) is 5.91 Å². The van der Waals surface area contributed by atoms with Crippen LogP contribution in [0.1, 0.15) is 21.5 Å². The van der Waals surface area contributed by atoms with Gasteiger partial charge >= 0.3 is 0 Å². The molecule has 1 amide bonds. The highest BCUT2D eigenvalue weighted by atomic mass is 79.9. The van der Waals surface area contributed by atoms with E-state index in [0.717, 1.165) is 16.5 Å². The second-order valence-corrected chi connectivity index (χ2v) is 5.08. The molecule has 0 aliphatic rings. The molecular formula is C15H12BrN3O. The van der Waals surface area contributed by atoms with Gasteiger partial charge in [0.05, 0.1) is 11.1 Å². The van der Waals surface area contributed by atoms with Gasteiger partial charge in [0, 0.05) is 23.4 Å². The maximum atomic E-state index is 12.0. The summed E-state index contributed by atoms with van der Waals surface area (Å²) in [7, 11) is 0. The SMILES string of the molecule is N#Cc1ccncc1C(=O)NCCc1ccc(Br)cc1. The molecule has 0 unspecified atom stereocenters. The highest BCUT2D eigenvalue weighted by Crippen LogP contribution is 2.10. The number of amides is 1. The van der Waals surface area contributed by atoms with Crippen molar-refractivity contribution in [1.82, 2.24) is 10.3 Å². The summed E-state index contributed by atoms with van der Waals surface area (Å²) in [5.41, 5.74) is 1.78. The molecule has 0 atom stereocenters. The monoisotopic (exact) mass is 329 g/mol. The van der Waals surface area contributed by atoms with E-state index in [9.17, 15) is 4.79 Å². The van der Waals surface area contributed by atoms with Crippen LogP contribution in [-0.4, -0.2) is 17.4 Å². The van der Waals surface area contributed by atoms with Gasteiger partial charge in [-0.1, -0.05) is 28.1 Å². The number of nitrogens with one attached hydrogen (secondary N) is 1. The van der Waals surface area contributed by atoms with Gasteiger partial charge in [-0.2, -0.15) is 5.26 Å². The largest absolute Gasteiger partial charge is 0.352 e. The summed E-state index contributed by atoms with van der Waals surface area (Å²) in [5.74, 6) is -0.272. The van der Waals surface area contributed by atoms with Gasteiger partial charge in [-0.15, -0.1) is 0 Å². The maximum Gasteiger partial charge on any atom is 0.254 e. The van der Waals surface area contributed by atoms with Crippen molar-refractivity contribution in [2.45, 2.75) is 6.42 Å². The van der Waals surface area contributed by atoms with Crippen molar-refractivity contribution in [1.29, 1.82) is 5.26 Å². The van der Waals surface area contributed by atoms with Crippen LogP contribution >= 0.6 is 15.9 Å². The van der Waals surface area contributed by atoms with Gasteiger partial charge in [-0.3, -0.25) is 9.78 Å². The van der Waals surface area contributed by atoms with E-state index in [1.165, 1.54) is 18.5 Å². The first-order valence-electron chi connectivity index (χ1n) is 6.07. The molecule has 20 heavy (non-hydrogen) atoms. The number of aromatic nitrogens is 1. The third kappa shape index (κ3) is 3.65. The molecule has 4 nitrogen and oxygen atoms in total. The number of hydrogen-bond donors (Lipinski definition) is 1. The number of carbonyl (C=O) groups is 1. The zero-order valence-electron chi connectivity index (χ0n) is 10.6. The van der Waals surface area contributed by atoms with Gasteiger partial charge in [0.25, 0.3) is 5.91 Å². The molecule has 2 aromatic rings. The Balaban J connectivity index is 1.93. The number of halogens is 1. The Hall–Kier alpha value is -2.19. The second-order valence-electron chi connectivity index (χ2n) is 4.17. The van der Waals surface area contributed by atoms with Crippen LogP contribution in [0.3, 0.4) is 0 Å². The third-order valence-electron chi connectivity index (χ3n) is 2.80. The fourth-order valence-electron chi connectivity index (χ4n) is 1.74. The Bertz CT molecular complexity index is 647. The minimum absolute atomic E-state index is 0.272. The first kappa shape index (κ1) is 14.2. The summed E-state index contributed by atoms with van der Waals surface area (Å²) in [4.78, 5) is 15.8. The normalized spacial score (nSPS) is 9.80. The second kappa shape index (κ2) is 6.83. The van der Waals surface area contributed by atoms with Crippen LogP contribution in [-0.2, 0) is 6.42 Å². The van der Waals surface area contributed by atoms with Crippen molar-refractivity contribution in [3.63, 3.8) is 0 Å². The van der Waals surface area contributed by atoms with E-state index in [1.54, 1.807) is 0 Å². The summed E-state index contributed by atoms with van der Waals surface area (Å²) >= 11 is 3.38. The fraction of sp³-hybridized carbons (Fsp3) is 0.133. The molecule has 0 saturated carbocycles. The molecule has 0 aliphatic heterocycles. The lowest BCUT2D eigenvalue weighted by Crippen LogP contribution is -2.26. The van der Waals surface area contributed by atoms with Crippen molar-refractivity contribution in [2.75, 3.05) is 6.54 Å². The first-order valence-corrected chi connectivity index (χ1v) is 6.87. The number of rotatable bonds is 4. The van der Waals surface area contributed by atoms with Crippen molar-refractivity contribution in [3.05, 3.63) is 63.9 Å². The molecule has 2 rings (SSSR count). The number of nitriles is 1. The molecule has 1 heterocycles. The predicted molar refractivity (Wildman–Crippen MR) is 79.1 cm³/mol. The highest BCUT2D eigenvalue weighted by molar-refractivity contribution is 9.10. The standard InChI is InChI=1S/C15H12BrN3O/c16-13-3-1-11(2-4-13)5-8-19-15(20)14-10-18-7-6-12(14)9-17/h1-4,6-7,10H,5,8H2,(H,19,20). The van der Waals surface area contributed by atoms with E-state index in [2.05, 4.69) is 26.2 Å². The molecule has 0 radical (unpaired) electrons. The smallest absolute Gasteiger partial charge is 0.254 e. The third-order valence-corrected chi connectivity index (χ3v) is 3.33. The maximum absolute atomic E-state index is 12.0. The van der Waals surface area contributed by atoms with E-state index in [4.69, 9.17) is 5.26 Å². The summed E-state index contributed by atoms with van der Waals surface area (Å²) in [5, 5.41) is 11.7. The zero-order valence-corrected chi connectivity index (χ0v) is 12.2. The van der Waals surface area contributed by atoms with E-state index in [1.807, 2.05) is 30.3 Å². The van der Waals surface area contributed by atoms with Gasteiger partial charge in [-0.05, 0) is 30.2 Å². The lowest BCUT2D eigenvalue weighted by atomic mass is 10.1. The molecule has 1 aromatic carbocycles. The predicted octanol–water partition coefficient (Wildman–Crippen LogP) is 2.69. The number of benzene rings is 1. The van der Waals surface area contributed by atoms with Crippen molar-refractivity contribution in [2.24, 2.45) is 0 Å². The Labute approximate surface area is 125 Å². The molecule has 0 saturated heterocycles. The lowest BCUT2D eigenvalue weighted by molar-refractivity contribution is 0.0953. The Morgan fingerprint density at radius 2 is 2.05 bits per heavy atom. The van der Waals surface area contributed by atoms with Gasteiger partial charge < -0.3 is 5.32 Å². The Morgan fingerprint density at radius 3 is 2.75 bits per heavy atom. The van der Waals surface area contributed by atoms with Crippen LogP contribution in [0.15, 0.2) is 47.2 Å². The molecule has 0 spiro atoms. The van der Waals surface area contributed by atoms with Gasteiger partial charge in [-0.25, -0.2) is 0 Å². The van der Waals surface area contributed by atoms with Crippen LogP contribution in [0.2, 0.25) is 0 Å². The number of hydrogen-bond acceptors (Lipinski definition) is 3. The van der Waals surface area contributed by atoms with Crippen molar-refractivity contribution >= 4 is 21.8 Å². The minimum atomic E-state index is -0.272. The number of nitrogens with zero attached hydrogens (tertiary/aromatic N) is 2. The van der Waals surface area contributed by atoms with Gasteiger partial charge in [0.2, 0.25) is 0 Å². The lowest BCUT2D eigenvalue weighted by Gasteiger charge is -2.06. The Kier molecular flexibility index (Phi) is 4.85. The average Bonchev–Trinajstić information content (AvgIpc) is 2.49. The topological polar surface area (TPSA) is 65.8 Å². The quantitative estimate of drug-likeness (QED) is 0.937. The first-order chi connectivity index (χ1) is 9.70. The summed E-state index contributed by atoms with van der Waals surface area (Å²) in [6.45, 7) is 0.514. The van der Waals surface area contributed by atoms with E-state index >= 15 is 0 Å². The molecule has 1 aromatic heterocycles. The molecule has 1 N–H and O–H groups in total. The fourth-order valence-corrected chi connectivity index (χ4v) is 2.00. The minimum Gasteiger partial charge on any atom is -0.352 e. The van der Waals surface area contributed by atoms with Crippen molar-refractivity contribution < 1.29 is 4.79 Å². The molecule has 0 bridgehead atoms.